The van der Waals surface area contributed by atoms with E-state index >= 15 is 0 Å². The van der Waals surface area contributed by atoms with Crippen LogP contribution in [-0.4, -0.2) is 48.6 Å². The summed E-state index contributed by atoms with van der Waals surface area (Å²) in [6.07, 6.45) is 0.628. The van der Waals surface area contributed by atoms with Gasteiger partial charge < -0.3 is 9.84 Å². The molecule has 2 fully saturated rings. The number of ether oxygens (including phenoxy) is 1. The molecular formula is C8H14N2O3. The number of hydrogen-bond acceptors (Lipinski definition) is 4. The Balaban J connectivity index is 2.02. The Kier molecular flexibility index (Phi) is 2.37. The fourth-order valence-corrected chi connectivity index (χ4v) is 1.96. The van der Waals surface area contributed by atoms with Gasteiger partial charge in [-0.3, -0.25) is 10.2 Å². The molecule has 0 aliphatic carbocycles. The van der Waals surface area contributed by atoms with Gasteiger partial charge in [-0.05, 0) is 13.0 Å². The number of hydrogen-bond donors (Lipinski definition) is 2. The highest BCUT2D eigenvalue weighted by atomic mass is 16.6. The number of nitrogens with zero attached hydrogens (tertiary/aromatic N) is 1. The van der Waals surface area contributed by atoms with Crippen molar-refractivity contribution in [2.45, 2.75) is 12.6 Å². The van der Waals surface area contributed by atoms with Gasteiger partial charge in [-0.25, -0.2) is 4.79 Å². The highest BCUT2D eigenvalue weighted by molar-refractivity contribution is 5.69. The highest BCUT2D eigenvalue weighted by Crippen LogP contribution is 2.20. The minimum atomic E-state index is -0.266. The van der Waals surface area contributed by atoms with E-state index < -0.39 is 0 Å². The van der Waals surface area contributed by atoms with E-state index in [-0.39, 0.29) is 24.8 Å². The standard InChI is InChI=1S/C8H14N2O3/c11-5-6-1-2-9-7(6)10-3-4-13-8(10)12/h6-7,9,11H,1-5H2. The number of carbonyl (C=O) groups excluding carboxylic acids is 1. The molecule has 5 nitrogen and oxygen atoms in total. The first-order valence-corrected chi connectivity index (χ1v) is 4.60. The smallest absolute Gasteiger partial charge is 0.411 e. The largest absolute Gasteiger partial charge is 0.447 e. The molecular weight excluding hydrogens is 172 g/mol. The Labute approximate surface area is 76.7 Å². The van der Waals surface area contributed by atoms with Crippen LogP contribution in [0.1, 0.15) is 6.42 Å². The van der Waals surface area contributed by atoms with Gasteiger partial charge in [-0.1, -0.05) is 0 Å². The minimum absolute atomic E-state index is 0.0278. The van der Waals surface area contributed by atoms with E-state index in [0.29, 0.717) is 13.2 Å². The lowest BCUT2D eigenvalue weighted by Gasteiger charge is -2.25. The average molecular weight is 186 g/mol. The number of aliphatic hydroxyl groups excluding tert-OH is 1. The molecule has 0 spiro atoms. The fourth-order valence-electron chi connectivity index (χ4n) is 1.96. The third-order valence-electron chi connectivity index (χ3n) is 2.68. The van der Waals surface area contributed by atoms with Gasteiger partial charge in [-0.2, -0.15) is 0 Å². The molecule has 2 atom stereocenters. The van der Waals surface area contributed by atoms with Crippen molar-refractivity contribution in [1.82, 2.24) is 10.2 Å². The second kappa shape index (κ2) is 3.51. The molecule has 0 bridgehead atoms. The average Bonchev–Trinajstić information content (AvgIpc) is 2.71. The molecule has 2 aliphatic heterocycles. The van der Waals surface area contributed by atoms with Crippen LogP contribution >= 0.6 is 0 Å². The predicted molar refractivity (Wildman–Crippen MR) is 45.0 cm³/mol. The molecule has 1 amide bonds. The molecule has 2 unspecified atom stereocenters. The number of carbonyl (C=O) groups is 1. The van der Waals surface area contributed by atoms with Crippen LogP contribution in [-0.2, 0) is 4.74 Å². The second-order valence-corrected chi connectivity index (χ2v) is 3.44. The maximum absolute atomic E-state index is 11.2. The Hall–Kier alpha value is -0.810. The van der Waals surface area contributed by atoms with Gasteiger partial charge in [0.2, 0.25) is 0 Å². The second-order valence-electron chi connectivity index (χ2n) is 3.44. The van der Waals surface area contributed by atoms with Crippen molar-refractivity contribution < 1.29 is 14.6 Å². The summed E-state index contributed by atoms with van der Waals surface area (Å²) < 4.78 is 4.84. The molecule has 0 aromatic carbocycles. The first-order valence-electron chi connectivity index (χ1n) is 4.60. The van der Waals surface area contributed by atoms with Crippen LogP contribution in [0.3, 0.4) is 0 Å². The van der Waals surface area contributed by atoms with Gasteiger partial charge in [0.05, 0.1) is 12.7 Å². The Morgan fingerprint density at radius 1 is 1.69 bits per heavy atom. The molecule has 2 rings (SSSR count). The maximum atomic E-state index is 11.2. The van der Waals surface area contributed by atoms with Crippen molar-refractivity contribution >= 4 is 6.09 Å². The lowest BCUT2D eigenvalue weighted by Crippen LogP contribution is -2.46. The van der Waals surface area contributed by atoms with Gasteiger partial charge in [0.15, 0.2) is 0 Å². The first-order chi connectivity index (χ1) is 6.33. The molecule has 0 aromatic rings. The van der Waals surface area contributed by atoms with E-state index in [9.17, 15) is 4.79 Å². The SMILES string of the molecule is O=C1OCCN1C1NCCC1CO. The quantitative estimate of drug-likeness (QED) is 0.602. The number of nitrogens with one attached hydrogen (secondary N) is 1. The number of rotatable bonds is 2. The van der Waals surface area contributed by atoms with Gasteiger partial charge in [0.25, 0.3) is 0 Å². The van der Waals surface area contributed by atoms with Gasteiger partial charge >= 0.3 is 6.09 Å². The topological polar surface area (TPSA) is 61.8 Å². The first kappa shape index (κ1) is 8.77. The third kappa shape index (κ3) is 1.49. The fraction of sp³-hybridized carbons (Fsp3) is 0.875. The zero-order valence-corrected chi connectivity index (χ0v) is 7.40. The summed E-state index contributed by atoms with van der Waals surface area (Å²) in [6.45, 7) is 2.09. The molecule has 2 saturated heterocycles. The minimum Gasteiger partial charge on any atom is -0.447 e. The maximum Gasteiger partial charge on any atom is 0.411 e. The van der Waals surface area contributed by atoms with Crippen LogP contribution < -0.4 is 5.32 Å². The van der Waals surface area contributed by atoms with Crippen molar-refractivity contribution in [3.63, 3.8) is 0 Å². The van der Waals surface area contributed by atoms with Gasteiger partial charge in [-0.15, -0.1) is 0 Å². The molecule has 0 radical (unpaired) electrons. The van der Waals surface area contributed by atoms with Crippen LogP contribution in [0.2, 0.25) is 0 Å². The molecule has 13 heavy (non-hydrogen) atoms. The van der Waals surface area contributed by atoms with Crippen molar-refractivity contribution in [3.05, 3.63) is 0 Å². The van der Waals surface area contributed by atoms with Crippen molar-refractivity contribution in [2.75, 3.05) is 26.3 Å². The summed E-state index contributed by atoms with van der Waals surface area (Å²) >= 11 is 0. The zero-order chi connectivity index (χ0) is 9.26. The summed E-state index contributed by atoms with van der Waals surface area (Å²) in [5.74, 6) is 0.158. The van der Waals surface area contributed by atoms with E-state index in [2.05, 4.69) is 5.32 Å². The van der Waals surface area contributed by atoms with E-state index in [0.717, 1.165) is 13.0 Å². The monoisotopic (exact) mass is 186 g/mol. The van der Waals surface area contributed by atoms with E-state index in [4.69, 9.17) is 9.84 Å². The molecule has 0 saturated carbocycles. The summed E-state index contributed by atoms with van der Waals surface area (Å²) in [5.41, 5.74) is 0. The Morgan fingerprint density at radius 3 is 3.15 bits per heavy atom. The highest BCUT2D eigenvalue weighted by Gasteiger charge is 2.37. The number of amides is 1. The summed E-state index contributed by atoms with van der Waals surface area (Å²) in [5, 5.41) is 12.3. The van der Waals surface area contributed by atoms with Crippen LogP contribution in [0.5, 0.6) is 0 Å². The normalized spacial score (nSPS) is 33.9. The summed E-state index contributed by atoms with van der Waals surface area (Å²) in [4.78, 5) is 12.9. The van der Waals surface area contributed by atoms with Crippen LogP contribution in [0, 0.1) is 5.92 Å². The van der Waals surface area contributed by atoms with Crippen molar-refractivity contribution in [2.24, 2.45) is 5.92 Å². The molecule has 2 aliphatic rings. The molecule has 2 N–H and O–H groups in total. The zero-order valence-electron chi connectivity index (χ0n) is 7.40. The van der Waals surface area contributed by atoms with E-state index in [1.54, 1.807) is 4.90 Å². The van der Waals surface area contributed by atoms with Gasteiger partial charge in [0.1, 0.15) is 6.61 Å². The van der Waals surface area contributed by atoms with Crippen LogP contribution in [0.4, 0.5) is 4.79 Å². The van der Waals surface area contributed by atoms with Crippen molar-refractivity contribution in [3.8, 4) is 0 Å². The lowest BCUT2D eigenvalue weighted by atomic mass is 10.1. The van der Waals surface area contributed by atoms with Crippen LogP contribution in [0.15, 0.2) is 0 Å². The third-order valence-corrected chi connectivity index (χ3v) is 2.68. The number of cyclic esters (lactones) is 1. The van der Waals surface area contributed by atoms with E-state index in [1.165, 1.54) is 0 Å². The predicted octanol–water partition coefficient (Wildman–Crippen LogP) is -0.634. The van der Waals surface area contributed by atoms with Crippen molar-refractivity contribution in [1.29, 1.82) is 0 Å². The molecule has 0 aromatic heterocycles. The Bertz CT molecular complexity index is 210. The molecule has 74 valence electrons. The lowest BCUT2D eigenvalue weighted by molar-refractivity contribution is 0.116. The van der Waals surface area contributed by atoms with Crippen LogP contribution in [0.25, 0.3) is 0 Å². The van der Waals surface area contributed by atoms with Gasteiger partial charge in [0, 0.05) is 12.5 Å². The summed E-state index contributed by atoms with van der Waals surface area (Å²) in [7, 11) is 0. The molecule has 5 heteroatoms. The summed E-state index contributed by atoms with van der Waals surface area (Å²) in [6, 6.07) is 0. The number of aliphatic hydroxyl groups is 1. The van der Waals surface area contributed by atoms with E-state index in [1.807, 2.05) is 0 Å². The Morgan fingerprint density at radius 2 is 2.54 bits per heavy atom. The molecule has 2 heterocycles.